The maximum absolute atomic E-state index is 5.61. The number of fused-ring (bicyclic) bond motifs is 1. The lowest BCUT2D eigenvalue weighted by Crippen LogP contribution is -2.31. The normalized spacial score (nSPS) is 17.9. The number of nitrogens with one attached hydrogen (secondary N) is 1. The summed E-state index contributed by atoms with van der Waals surface area (Å²) in [5, 5.41) is 3.34. The van der Waals surface area contributed by atoms with Crippen molar-refractivity contribution in [1.82, 2.24) is 14.9 Å². The molecule has 0 amide bonds. The minimum absolute atomic E-state index is 0.242. The van der Waals surface area contributed by atoms with E-state index in [1.165, 1.54) is 11.3 Å². The second kappa shape index (κ2) is 4.76. The molecule has 0 bridgehead atoms. The Morgan fingerprint density at radius 2 is 2.38 bits per heavy atom. The maximum Gasteiger partial charge on any atom is 0.134 e. The zero-order valence-corrected chi connectivity index (χ0v) is 9.90. The molecule has 0 saturated carbocycles. The first-order valence-corrected chi connectivity index (χ1v) is 5.68. The van der Waals surface area contributed by atoms with Crippen LogP contribution in [-0.4, -0.2) is 41.0 Å². The van der Waals surface area contributed by atoms with Crippen LogP contribution in [0, 0.1) is 0 Å². The van der Waals surface area contributed by atoms with Gasteiger partial charge in [0.1, 0.15) is 12.1 Å². The van der Waals surface area contributed by atoms with Crippen LogP contribution >= 0.6 is 0 Å². The largest absolute Gasteiger partial charge is 0.366 e. The standard InChI is InChI=1S/C11H19N5/c1-8(5-12)15-11-9-6-16(2)4-3-10(9)13-7-14-11/h7-8H,3-6,12H2,1-2H3,(H,13,14,15). The first-order chi connectivity index (χ1) is 7.70. The molecule has 1 aliphatic rings. The predicted octanol–water partition coefficient (Wildman–Crippen LogP) is 0.224. The number of hydrogen-bond donors (Lipinski definition) is 2. The summed E-state index contributed by atoms with van der Waals surface area (Å²) >= 11 is 0. The Hall–Kier alpha value is -1.20. The first kappa shape index (κ1) is 11.3. The van der Waals surface area contributed by atoms with E-state index in [1.54, 1.807) is 6.33 Å². The van der Waals surface area contributed by atoms with Gasteiger partial charge in [0, 0.05) is 37.7 Å². The van der Waals surface area contributed by atoms with Crippen LogP contribution in [0.25, 0.3) is 0 Å². The molecule has 3 N–H and O–H groups in total. The van der Waals surface area contributed by atoms with Crippen molar-refractivity contribution in [3.8, 4) is 0 Å². The molecule has 5 heteroatoms. The summed E-state index contributed by atoms with van der Waals surface area (Å²) in [6.45, 7) is 4.64. The Morgan fingerprint density at radius 1 is 1.56 bits per heavy atom. The molecule has 0 spiro atoms. The van der Waals surface area contributed by atoms with Gasteiger partial charge in [0.2, 0.25) is 0 Å². The smallest absolute Gasteiger partial charge is 0.134 e. The average Bonchev–Trinajstić information content (AvgIpc) is 2.29. The maximum atomic E-state index is 5.61. The lowest BCUT2D eigenvalue weighted by atomic mass is 10.1. The number of nitrogens with zero attached hydrogens (tertiary/aromatic N) is 3. The fraction of sp³-hybridized carbons (Fsp3) is 0.636. The molecule has 5 nitrogen and oxygen atoms in total. The molecule has 0 radical (unpaired) electrons. The summed E-state index contributed by atoms with van der Waals surface area (Å²) in [5.74, 6) is 0.939. The third kappa shape index (κ3) is 2.31. The highest BCUT2D eigenvalue weighted by atomic mass is 15.1. The third-order valence-corrected chi connectivity index (χ3v) is 2.93. The molecule has 1 aliphatic heterocycles. The number of aromatic nitrogens is 2. The minimum atomic E-state index is 0.242. The van der Waals surface area contributed by atoms with Crippen LogP contribution in [0.15, 0.2) is 6.33 Å². The highest BCUT2D eigenvalue weighted by Gasteiger charge is 2.18. The summed E-state index contributed by atoms with van der Waals surface area (Å²) < 4.78 is 0. The predicted molar refractivity (Wildman–Crippen MR) is 64.2 cm³/mol. The quantitative estimate of drug-likeness (QED) is 0.764. The molecular weight excluding hydrogens is 202 g/mol. The summed E-state index contributed by atoms with van der Waals surface area (Å²) in [5.41, 5.74) is 7.99. The van der Waals surface area contributed by atoms with Gasteiger partial charge in [-0.3, -0.25) is 0 Å². The van der Waals surface area contributed by atoms with Gasteiger partial charge in [-0.05, 0) is 14.0 Å². The Labute approximate surface area is 96.1 Å². The molecule has 0 aromatic carbocycles. The Balaban J connectivity index is 2.25. The molecule has 88 valence electrons. The molecule has 1 aromatic rings. The van der Waals surface area contributed by atoms with Gasteiger partial charge in [0.25, 0.3) is 0 Å². The van der Waals surface area contributed by atoms with Gasteiger partial charge < -0.3 is 16.0 Å². The lowest BCUT2D eigenvalue weighted by Gasteiger charge is -2.26. The van der Waals surface area contributed by atoms with Crippen molar-refractivity contribution < 1.29 is 0 Å². The van der Waals surface area contributed by atoms with Crippen LogP contribution < -0.4 is 11.1 Å². The molecule has 0 fully saturated rings. The fourth-order valence-electron chi connectivity index (χ4n) is 1.89. The molecule has 1 unspecified atom stereocenters. The molecule has 1 aromatic heterocycles. The van der Waals surface area contributed by atoms with Gasteiger partial charge in [-0.15, -0.1) is 0 Å². The van der Waals surface area contributed by atoms with Crippen LogP contribution in [0.2, 0.25) is 0 Å². The Morgan fingerprint density at radius 3 is 3.12 bits per heavy atom. The van der Waals surface area contributed by atoms with E-state index in [1.807, 2.05) is 0 Å². The van der Waals surface area contributed by atoms with Gasteiger partial charge in [0.05, 0.1) is 5.69 Å². The van der Waals surface area contributed by atoms with E-state index < -0.39 is 0 Å². The zero-order chi connectivity index (χ0) is 11.5. The average molecular weight is 221 g/mol. The first-order valence-electron chi connectivity index (χ1n) is 5.68. The Kier molecular flexibility index (Phi) is 3.36. The van der Waals surface area contributed by atoms with Crippen LogP contribution in [0.3, 0.4) is 0 Å². The van der Waals surface area contributed by atoms with E-state index in [4.69, 9.17) is 5.73 Å². The van der Waals surface area contributed by atoms with Crippen LogP contribution in [-0.2, 0) is 13.0 Å². The molecule has 0 saturated heterocycles. The van der Waals surface area contributed by atoms with Gasteiger partial charge in [-0.1, -0.05) is 0 Å². The second-order valence-electron chi connectivity index (χ2n) is 4.42. The highest BCUT2D eigenvalue weighted by Crippen LogP contribution is 2.22. The molecule has 16 heavy (non-hydrogen) atoms. The van der Waals surface area contributed by atoms with E-state index >= 15 is 0 Å². The van der Waals surface area contributed by atoms with E-state index in [9.17, 15) is 0 Å². The number of rotatable bonds is 3. The minimum Gasteiger partial charge on any atom is -0.366 e. The van der Waals surface area contributed by atoms with Crippen molar-refractivity contribution >= 4 is 5.82 Å². The van der Waals surface area contributed by atoms with E-state index in [0.717, 1.165) is 25.3 Å². The van der Waals surface area contributed by atoms with Gasteiger partial charge in [0.15, 0.2) is 0 Å². The molecule has 0 aliphatic carbocycles. The topological polar surface area (TPSA) is 67.1 Å². The van der Waals surface area contributed by atoms with Gasteiger partial charge in [-0.25, -0.2) is 9.97 Å². The van der Waals surface area contributed by atoms with Crippen LogP contribution in [0.1, 0.15) is 18.2 Å². The zero-order valence-electron chi connectivity index (χ0n) is 9.90. The van der Waals surface area contributed by atoms with E-state index in [-0.39, 0.29) is 6.04 Å². The van der Waals surface area contributed by atoms with E-state index in [0.29, 0.717) is 6.54 Å². The van der Waals surface area contributed by atoms with Crippen molar-refractivity contribution in [2.24, 2.45) is 5.73 Å². The fourth-order valence-corrected chi connectivity index (χ4v) is 1.89. The van der Waals surface area contributed by atoms with Crippen molar-refractivity contribution in [3.63, 3.8) is 0 Å². The molecule has 2 heterocycles. The number of likely N-dealkylation sites (N-methyl/N-ethyl adjacent to an activating group) is 1. The summed E-state index contributed by atoms with van der Waals surface area (Å²) in [6.07, 6.45) is 2.63. The number of anilines is 1. The van der Waals surface area contributed by atoms with Gasteiger partial charge >= 0.3 is 0 Å². The van der Waals surface area contributed by atoms with Crippen LogP contribution in [0.4, 0.5) is 5.82 Å². The lowest BCUT2D eigenvalue weighted by molar-refractivity contribution is 0.309. The monoisotopic (exact) mass is 221 g/mol. The third-order valence-electron chi connectivity index (χ3n) is 2.93. The molecular formula is C11H19N5. The molecule has 2 rings (SSSR count). The van der Waals surface area contributed by atoms with Crippen molar-refractivity contribution in [2.45, 2.75) is 25.9 Å². The van der Waals surface area contributed by atoms with Crippen molar-refractivity contribution in [1.29, 1.82) is 0 Å². The van der Waals surface area contributed by atoms with Crippen LogP contribution in [0.5, 0.6) is 0 Å². The summed E-state index contributed by atoms with van der Waals surface area (Å²) in [4.78, 5) is 10.9. The molecule has 1 atom stereocenters. The summed E-state index contributed by atoms with van der Waals surface area (Å²) in [7, 11) is 2.12. The van der Waals surface area contributed by atoms with Crippen molar-refractivity contribution in [2.75, 3.05) is 25.5 Å². The highest BCUT2D eigenvalue weighted by molar-refractivity contribution is 5.47. The second-order valence-corrected chi connectivity index (χ2v) is 4.42. The number of nitrogens with two attached hydrogens (primary N) is 1. The number of hydrogen-bond acceptors (Lipinski definition) is 5. The van der Waals surface area contributed by atoms with Crippen molar-refractivity contribution in [3.05, 3.63) is 17.6 Å². The SMILES string of the molecule is CC(CN)Nc1ncnc2c1CN(C)CC2. The van der Waals surface area contributed by atoms with Gasteiger partial charge in [-0.2, -0.15) is 0 Å². The van der Waals surface area contributed by atoms with E-state index in [2.05, 4.69) is 34.2 Å². The summed E-state index contributed by atoms with van der Waals surface area (Å²) in [6, 6.07) is 0.242. The Bertz CT molecular complexity index is 365.